The fraction of sp³-hybridized carbons (Fsp3) is 0.621. The number of ether oxygens (including phenoxy) is 1. The zero-order chi connectivity index (χ0) is 26.4. The molecule has 0 aliphatic heterocycles. The van der Waals surface area contributed by atoms with Crippen molar-refractivity contribution in [2.45, 2.75) is 76.9 Å². The average Bonchev–Trinajstić information content (AvgIpc) is 3.60. The summed E-state index contributed by atoms with van der Waals surface area (Å²) in [6.07, 6.45) is 14.6. The van der Waals surface area contributed by atoms with Crippen LogP contribution in [-0.4, -0.2) is 47.6 Å². The number of hydrogen-bond donors (Lipinski definition) is 2. The van der Waals surface area contributed by atoms with Crippen molar-refractivity contribution in [3.8, 4) is 5.82 Å². The van der Waals surface area contributed by atoms with Gasteiger partial charge in [0.25, 0.3) is 0 Å². The smallest absolute Gasteiger partial charge is 0.309 e. The minimum Gasteiger partial charge on any atom is -0.449 e. The molecule has 7 rings (SSSR count). The Morgan fingerprint density at radius 1 is 1.16 bits per heavy atom. The van der Waals surface area contributed by atoms with Crippen LogP contribution in [0.4, 0.5) is 0 Å². The number of rotatable bonds is 4. The number of aliphatic hydroxyl groups is 1. The molecule has 0 spiro atoms. The molecule has 4 saturated carbocycles. The zero-order valence-corrected chi connectivity index (χ0v) is 22.7. The summed E-state index contributed by atoms with van der Waals surface area (Å²) in [4.78, 5) is 34.6. The summed E-state index contributed by atoms with van der Waals surface area (Å²) >= 11 is 4.29. The number of allylic oxidation sites excluding steroid dienone is 1. The molecule has 5 aliphatic rings. The molecular weight excluding hydrogens is 500 g/mol. The van der Waals surface area contributed by atoms with Gasteiger partial charge in [0.15, 0.2) is 11.4 Å². The van der Waals surface area contributed by atoms with Crippen LogP contribution in [-0.2, 0) is 20.7 Å². The molecule has 0 saturated heterocycles. The fourth-order valence-corrected chi connectivity index (χ4v) is 9.31. The van der Waals surface area contributed by atoms with Crippen molar-refractivity contribution in [3.63, 3.8) is 0 Å². The molecule has 2 heterocycles. The van der Waals surface area contributed by atoms with Gasteiger partial charge in [0, 0.05) is 17.8 Å². The highest BCUT2D eigenvalue weighted by Crippen LogP contribution is 2.68. The highest BCUT2D eigenvalue weighted by Gasteiger charge is 2.70. The van der Waals surface area contributed by atoms with Crippen molar-refractivity contribution in [3.05, 3.63) is 41.6 Å². The molecule has 2 aromatic heterocycles. The van der Waals surface area contributed by atoms with Crippen molar-refractivity contribution in [1.82, 2.24) is 19.7 Å². The van der Waals surface area contributed by atoms with Crippen LogP contribution in [0.5, 0.6) is 0 Å². The largest absolute Gasteiger partial charge is 0.449 e. The molecule has 5 aliphatic carbocycles. The summed E-state index contributed by atoms with van der Waals surface area (Å²) in [7, 11) is 0. The van der Waals surface area contributed by atoms with Gasteiger partial charge in [0.2, 0.25) is 5.12 Å². The van der Waals surface area contributed by atoms with Crippen LogP contribution in [0.3, 0.4) is 0 Å². The van der Waals surface area contributed by atoms with E-state index in [4.69, 9.17) is 4.74 Å². The maximum atomic E-state index is 13.1. The van der Waals surface area contributed by atoms with Crippen LogP contribution >= 0.6 is 12.6 Å². The molecule has 0 aromatic carbocycles. The van der Waals surface area contributed by atoms with E-state index in [-0.39, 0.29) is 40.2 Å². The fourth-order valence-electron chi connectivity index (χ4n) is 8.89. The van der Waals surface area contributed by atoms with Crippen molar-refractivity contribution < 1.29 is 19.4 Å². The number of carbonyl (C=O) groups excluding carboxylic acids is 2. The van der Waals surface area contributed by atoms with E-state index in [0.29, 0.717) is 18.7 Å². The Balaban J connectivity index is 1.24. The molecule has 8 nitrogen and oxygen atoms in total. The van der Waals surface area contributed by atoms with Crippen molar-refractivity contribution in [1.29, 1.82) is 0 Å². The Labute approximate surface area is 227 Å². The molecule has 9 heteroatoms. The van der Waals surface area contributed by atoms with E-state index in [0.717, 1.165) is 49.8 Å². The Morgan fingerprint density at radius 3 is 2.68 bits per heavy atom. The predicted molar refractivity (Wildman–Crippen MR) is 142 cm³/mol. The standard InChI is InChI=1S/C29H34N4O4S/c1-27-12-17-14-32-33(23-15-30-9-10-31-23)21(17)11-18(27)5-6-19-20-7-8-29(26(36)38,37-25(35)16-3-4-16)28(20,2)13-22(34)24(19)27/h9-11,14-16,19-20,22,24,34H,3-8,12-13H2,1-2H3,(H,36,38)/t19-,20-,22-,24+,27-,28-,29-/m0/s1. The topological polar surface area (TPSA) is 107 Å². The van der Waals surface area contributed by atoms with Crippen molar-refractivity contribution >= 4 is 29.8 Å². The average molecular weight is 535 g/mol. The van der Waals surface area contributed by atoms with Gasteiger partial charge in [-0.15, -0.1) is 12.6 Å². The van der Waals surface area contributed by atoms with Gasteiger partial charge in [-0.3, -0.25) is 14.6 Å². The third-order valence-corrected chi connectivity index (χ3v) is 11.2. The quantitative estimate of drug-likeness (QED) is 0.452. The van der Waals surface area contributed by atoms with Gasteiger partial charge in [-0.25, -0.2) is 9.67 Å². The van der Waals surface area contributed by atoms with E-state index in [1.807, 2.05) is 10.9 Å². The monoisotopic (exact) mass is 534 g/mol. The van der Waals surface area contributed by atoms with Gasteiger partial charge in [0.05, 0.1) is 30.1 Å². The lowest BCUT2D eigenvalue weighted by atomic mass is 9.45. The van der Waals surface area contributed by atoms with E-state index < -0.39 is 17.1 Å². The van der Waals surface area contributed by atoms with Crippen molar-refractivity contribution in [2.75, 3.05) is 0 Å². The maximum absolute atomic E-state index is 13.1. The molecule has 0 bridgehead atoms. The summed E-state index contributed by atoms with van der Waals surface area (Å²) < 4.78 is 7.95. The van der Waals surface area contributed by atoms with Gasteiger partial charge in [-0.1, -0.05) is 19.4 Å². The SMILES string of the molecule is C[C@]12Cc3cnn(-c4cnccn4)c3C=C1CC[C@@H]1[C@@H]2[C@@H](O)C[C@@]2(C)[C@H]1CC[C@]2(OC(=O)C1CC1)C(=O)S. The number of esters is 1. The van der Waals surface area contributed by atoms with Gasteiger partial charge in [-0.05, 0) is 86.2 Å². The molecule has 200 valence electrons. The van der Waals surface area contributed by atoms with Crippen LogP contribution in [0.15, 0.2) is 30.4 Å². The highest BCUT2D eigenvalue weighted by molar-refractivity contribution is 7.96. The lowest BCUT2D eigenvalue weighted by Crippen LogP contribution is -2.62. The maximum Gasteiger partial charge on any atom is 0.309 e. The third kappa shape index (κ3) is 3.24. The third-order valence-electron chi connectivity index (χ3n) is 10.8. The second-order valence-corrected chi connectivity index (χ2v) is 13.1. The number of hydrogen-bond acceptors (Lipinski definition) is 7. The normalized spacial score (nSPS) is 39.3. The second kappa shape index (κ2) is 8.24. The molecular formula is C29H34N4O4S. The number of nitrogens with zero attached hydrogens (tertiary/aromatic N) is 4. The van der Waals surface area contributed by atoms with Crippen LogP contribution in [0, 0.1) is 34.5 Å². The van der Waals surface area contributed by atoms with Gasteiger partial charge >= 0.3 is 5.97 Å². The van der Waals surface area contributed by atoms with Crippen LogP contribution < -0.4 is 0 Å². The van der Waals surface area contributed by atoms with Gasteiger partial charge < -0.3 is 9.84 Å². The number of carbonyl (C=O) groups is 2. The first-order valence-electron chi connectivity index (χ1n) is 13.9. The Morgan fingerprint density at radius 2 is 1.97 bits per heavy atom. The van der Waals surface area contributed by atoms with Crippen LogP contribution in [0.1, 0.15) is 70.1 Å². The van der Waals surface area contributed by atoms with E-state index in [1.54, 1.807) is 18.6 Å². The number of thiol groups is 1. The van der Waals surface area contributed by atoms with Crippen LogP contribution in [0.25, 0.3) is 11.9 Å². The van der Waals surface area contributed by atoms with Gasteiger partial charge in [-0.2, -0.15) is 5.10 Å². The molecule has 4 fully saturated rings. The minimum atomic E-state index is -1.26. The Kier molecular flexibility index (Phi) is 5.32. The predicted octanol–water partition coefficient (Wildman–Crippen LogP) is 3.96. The second-order valence-electron chi connectivity index (χ2n) is 12.7. The van der Waals surface area contributed by atoms with Crippen LogP contribution in [0.2, 0.25) is 0 Å². The summed E-state index contributed by atoms with van der Waals surface area (Å²) in [6.45, 7) is 4.36. The lowest BCUT2D eigenvalue weighted by Gasteiger charge is -2.60. The number of fused-ring (bicyclic) bond motifs is 6. The molecule has 38 heavy (non-hydrogen) atoms. The van der Waals surface area contributed by atoms with E-state index in [1.165, 1.54) is 5.57 Å². The van der Waals surface area contributed by atoms with E-state index in [2.05, 4.69) is 47.6 Å². The Hall–Kier alpha value is -2.52. The highest BCUT2D eigenvalue weighted by atomic mass is 32.1. The van der Waals surface area contributed by atoms with Gasteiger partial charge in [0.1, 0.15) is 0 Å². The molecule has 1 N–H and O–H groups in total. The Bertz CT molecular complexity index is 1360. The minimum absolute atomic E-state index is 0.0542. The lowest BCUT2D eigenvalue weighted by molar-refractivity contribution is -0.197. The first kappa shape index (κ1) is 24.5. The van der Waals surface area contributed by atoms with E-state index >= 15 is 0 Å². The number of aliphatic hydroxyl groups excluding tert-OH is 1. The summed E-state index contributed by atoms with van der Waals surface area (Å²) in [5, 5.41) is 16.1. The molecule has 2 aromatic rings. The van der Waals surface area contributed by atoms with E-state index in [9.17, 15) is 14.7 Å². The first-order valence-corrected chi connectivity index (χ1v) is 14.3. The summed E-state index contributed by atoms with van der Waals surface area (Å²) in [5.74, 6) is 0.794. The molecule has 0 radical (unpaired) electrons. The molecule has 0 unspecified atom stereocenters. The summed E-state index contributed by atoms with van der Waals surface area (Å²) in [5.41, 5.74) is 1.42. The number of aromatic nitrogens is 4. The molecule has 7 atom stereocenters. The summed E-state index contributed by atoms with van der Waals surface area (Å²) in [6, 6.07) is 0. The zero-order valence-electron chi connectivity index (χ0n) is 21.8. The first-order chi connectivity index (χ1) is 18.2. The van der Waals surface area contributed by atoms with Crippen molar-refractivity contribution in [2.24, 2.45) is 34.5 Å². The molecule has 0 amide bonds.